The Morgan fingerprint density at radius 3 is 2.50 bits per heavy atom. The molecule has 2 aromatic rings. The van der Waals surface area contributed by atoms with E-state index >= 15 is 0 Å². The summed E-state index contributed by atoms with van der Waals surface area (Å²) in [6.07, 6.45) is 5.19. The first-order valence-corrected chi connectivity index (χ1v) is 11.0. The number of amides is 1. The van der Waals surface area contributed by atoms with Crippen LogP contribution in [0.1, 0.15) is 36.8 Å². The predicted octanol–water partition coefficient (Wildman–Crippen LogP) is 3.90. The van der Waals surface area contributed by atoms with E-state index in [1.54, 1.807) is 14.2 Å². The molecule has 0 spiro atoms. The van der Waals surface area contributed by atoms with E-state index in [0.29, 0.717) is 11.9 Å². The lowest BCUT2D eigenvalue weighted by Gasteiger charge is -2.40. The maximum atomic E-state index is 13.1. The van der Waals surface area contributed by atoms with Crippen LogP contribution in [0.25, 0.3) is 0 Å². The zero-order chi connectivity index (χ0) is 20.9. The average Bonchev–Trinajstić information content (AvgIpc) is 3.09. The van der Waals surface area contributed by atoms with E-state index in [0.717, 1.165) is 63.2 Å². The minimum Gasteiger partial charge on any atom is -0.493 e. The molecule has 160 valence electrons. The van der Waals surface area contributed by atoms with Crippen molar-refractivity contribution in [2.24, 2.45) is 0 Å². The van der Waals surface area contributed by atoms with Gasteiger partial charge in [-0.05, 0) is 55.4 Å². The molecule has 2 bridgehead atoms. The molecule has 2 heterocycles. The molecule has 2 aliphatic rings. The van der Waals surface area contributed by atoms with Crippen molar-refractivity contribution >= 4 is 5.91 Å². The number of carbonyl (C=O) groups is 1. The van der Waals surface area contributed by atoms with Gasteiger partial charge in [0.1, 0.15) is 0 Å². The number of hydrogen-bond acceptors (Lipinski definition) is 4. The number of ether oxygens (including phenoxy) is 2. The number of piperazine rings is 1. The highest BCUT2D eigenvalue weighted by atomic mass is 16.5. The van der Waals surface area contributed by atoms with E-state index in [1.165, 1.54) is 11.1 Å². The fraction of sp³-hybridized carbons (Fsp3) is 0.480. The van der Waals surface area contributed by atoms with Gasteiger partial charge in [-0.1, -0.05) is 36.4 Å². The molecule has 1 amide bonds. The van der Waals surface area contributed by atoms with Crippen LogP contribution in [0.3, 0.4) is 0 Å². The van der Waals surface area contributed by atoms with Gasteiger partial charge in [0.2, 0.25) is 5.91 Å². The average molecular weight is 409 g/mol. The first-order chi connectivity index (χ1) is 14.7. The van der Waals surface area contributed by atoms with Gasteiger partial charge in [-0.2, -0.15) is 0 Å². The van der Waals surface area contributed by atoms with Crippen LogP contribution >= 0.6 is 0 Å². The van der Waals surface area contributed by atoms with Crippen molar-refractivity contribution in [1.29, 1.82) is 0 Å². The largest absolute Gasteiger partial charge is 0.493 e. The number of carbonyl (C=O) groups excluding carboxylic acids is 1. The molecule has 0 aromatic heterocycles. The summed E-state index contributed by atoms with van der Waals surface area (Å²) in [5, 5.41) is 0. The Morgan fingerprint density at radius 1 is 0.933 bits per heavy atom. The summed E-state index contributed by atoms with van der Waals surface area (Å²) in [4.78, 5) is 17.6. The Morgan fingerprint density at radius 2 is 1.73 bits per heavy atom. The number of benzene rings is 2. The zero-order valence-corrected chi connectivity index (χ0v) is 18.0. The van der Waals surface area contributed by atoms with E-state index in [2.05, 4.69) is 40.1 Å². The second-order valence-corrected chi connectivity index (χ2v) is 8.34. The first kappa shape index (κ1) is 20.7. The number of methoxy groups -OCH3 is 2. The lowest BCUT2D eigenvalue weighted by molar-refractivity contribution is -0.142. The molecule has 30 heavy (non-hydrogen) atoms. The molecule has 0 saturated carbocycles. The van der Waals surface area contributed by atoms with E-state index in [-0.39, 0.29) is 6.04 Å². The number of likely N-dealkylation sites (tertiary alicyclic amines) is 1. The van der Waals surface area contributed by atoms with Gasteiger partial charge >= 0.3 is 0 Å². The van der Waals surface area contributed by atoms with Gasteiger partial charge in [-0.3, -0.25) is 9.69 Å². The van der Waals surface area contributed by atoms with Gasteiger partial charge in [-0.25, -0.2) is 0 Å². The Hall–Kier alpha value is -2.53. The van der Waals surface area contributed by atoms with Crippen LogP contribution in [-0.4, -0.2) is 55.1 Å². The van der Waals surface area contributed by atoms with Crippen molar-refractivity contribution in [1.82, 2.24) is 9.80 Å². The van der Waals surface area contributed by atoms with Crippen LogP contribution in [0, 0.1) is 0 Å². The van der Waals surface area contributed by atoms with Gasteiger partial charge in [-0.15, -0.1) is 0 Å². The van der Waals surface area contributed by atoms with Crippen LogP contribution in [-0.2, 0) is 17.8 Å². The van der Waals surface area contributed by atoms with Crippen LogP contribution in [0.15, 0.2) is 48.5 Å². The van der Waals surface area contributed by atoms with E-state index in [9.17, 15) is 4.79 Å². The molecular formula is C25H32N2O3. The topological polar surface area (TPSA) is 42.0 Å². The SMILES string of the molecule is COc1ccc(CCCCN2C[C@H]3CC[C@@H](C2=O)N3Cc2ccccc2)cc1OC. The van der Waals surface area contributed by atoms with Gasteiger partial charge in [0.15, 0.2) is 11.5 Å². The second kappa shape index (κ2) is 9.52. The summed E-state index contributed by atoms with van der Waals surface area (Å²) in [7, 11) is 3.32. The number of unbranched alkanes of at least 4 members (excludes halogenated alkanes) is 1. The lowest BCUT2D eigenvalue weighted by atomic mass is 10.1. The third-order valence-electron chi connectivity index (χ3n) is 6.47. The van der Waals surface area contributed by atoms with Crippen LogP contribution < -0.4 is 9.47 Å². The van der Waals surface area contributed by atoms with Crippen molar-refractivity contribution in [2.45, 2.75) is 50.7 Å². The highest BCUT2D eigenvalue weighted by molar-refractivity contribution is 5.83. The van der Waals surface area contributed by atoms with Crippen LogP contribution in [0.5, 0.6) is 11.5 Å². The summed E-state index contributed by atoms with van der Waals surface area (Å²) >= 11 is 0. The first-order valence-electron chi connectivity index (χ1n) is 11.0. The van der Waals surface area contributed by atoms with Crippen LogP contribution in [0.4, 0.5) is 0 Å². The highest BCUT2D eigenvalue weighted by Gasteiger charge is 2.44. The maximum Gasteiger partial charge on any atom is 0.240 e. The number of aryl methyl sites for hydroxylation is 1. The molecule has 4 rings (SSSR count). The normalized spacial score (nSPS) is 21.1. The molecule has 5 heteroatoms. The Kier molecular flexibility index (Phi) is 6.58. The van der Waals surface area contributed by atoms with Gasteiger partial charge in [0.05, 0.1) is 20.3 Å². The fourth-order valence-electron chi connectivity index (χ4n) is 4.86. The maximum absolute atomic E-state index is 13.1. The monoisotopic (exact) mass is 408 g/mol. The predicted molar refractivity (Wildman–Crippen MR) is 118 cm³/mol. The Bertz CT molecular complexity index is 855. The molecule has 0 unspecified atom stereocenters. The van der Waals surface area contributed by atoms with Crippen molar-refractivity contribution in [3.63, 3.8) is 0 Å². The summed E-state index contributed by atoms with van der Waals surface area (Å²) < 4.78 is 10.7. The van der Waals surface area contributed by atoms with Gasteiger partial charge in [0, 0.05) is 25.7 Å². The molecule has 2 atom stereocenters. The van der Waals surface area contributed by atoms with Gasteiger partial charge in [0.25, 0.3) is 0 Å². The zero-order valence-electron chi connectivity index (χ0n) is 18.0. The quantitative estimate of drug-likeness (QED) is 0.590. The molecule has 2 aliphatic heterocycles. The minimum absolute atomic E-state index is 0.0646. The third-order valence-corrected chi connectivity index (χ3v) is 6.47. The number of rotatable bonds is 9. The standard InChI is InChI=1S/C25H32N2O3/c1-29-23-14-11-19(16-24(23)30-2)8-6-7-15-26-18-21-12-13-22(25(26)28)27(21)17-20-9-4-3-5-10-20/h3-5,9-11,14,16,21-22H,6-8,12-13,15,17-18H2,1-2H3/t21-,22+/m1/s1. The van der Waals surface area contributed by atoms with E-state index < -0.39 is 0 Å². The molecule has 0 aliphatic carbocycles. The summed E-state index contributed by atoms with van der Waals surface area (Å²) in [5.74, 6) is 1.86. The molecule has 2 saturated heterocycles. The molecular weight excluding hydrogens is 376 g/mol. The van der Waals surface area contributed by atoms with Crippen molar-refractivity contribution in [3.05, 3.63) is 59.7 Å². The Balaban J connectivity index is 1.27. The van der Waals surface area contributed by atoms with Gasteiger partial charge < -0.3 is 14.4 Å². The molecule has 2 aromatic carbocycles. The lowest BCUT2D eigenvalue weighted by Crippen LogP contribution is -2.56. The molecule has 2 fully saturated rings. The van der Waals surface area contributed by atoms with Crippen LogP contribution in [0.2, 0.25) is 0 Å². The number of nitrogens with zero attached hydrogens (tertiary/aromatic N) is 2. The van der Waals surface area contributed by atoms with Crippen molar-refractivity contribution < 1.29 is 14.3 Å². The summed E-state index contributed by atoms with van der Waals surface area (Å²) in [6.45, 7) is 2.62. The minimum atomic E-state index is 0.0646. The summed E-state index contributed by atoms with van der Waals surface area (Å²) in [5.41, 5.74) is 2.54. The highest BCUT2D eigenvalue weighted by Crippen LogP contribution is 2.33. The van der Waals surface area contributed by atoms with Crippen molar-refractivity contribution in [3.8, 4) is 11.5 Å². The second-order valence-electron chi connectivity index (χ2n) is 8.34. The Labute approximate surface area is 179 Å². The van der Waals surface area contributed by atoms with E-state index in [4.69, 9.17) is 9.47 Å². The van der Waals surface area contributed by atoms with Crippen molar-refractivity contribution in [2.75, 3.05) is 27.3 Å². The molecule has 5 nitrogen and oxygen atoms in total. The fourth-order valence-corrected chi connectivity index (χ4v) is 4.86. The third kappa shape index (κ3) is 4.46. The smallest absolute Gasteiger partial charge is 0.240 e. The molecule has 0 radical (unpaired) electrons. The summed E-state index contributed by atoms with van der Waals surface area (Å²) in [6, 6.07) is 17.2. The molecule has 0 N–H and O–H groups in total. The number of hydrogen-bond donors (Lipinski definition) is 0. The van der Waals surface area contributed by atoms with E-state index in [1.807, 2.05) is 18.2 Å². The number of fused-ring (bicyclic) bond motifs is 2.